The van der Waals surface area contributed by atoms with Crippen molar-refractivity contribution in [3.05, 3.63) is 0 Å². The van der Waals surface area contributed by atoms with Crippen LogP contribution in [0.2, 0.25) is 0 Å². The number of carbonyl (C=O) groups is 1. The van der Waals surface area contributed by atoms with Crippen LogP contribution in [0.4, 0.5) is 0 Å². The zero-order valence-corrected chi connectivity index (χ0v) is 14.2. The quantitative estimate of drug-likeness (QED) is 0.866. The Morgan fingerprint density at radius 2 is 1.80 bits per heavy atom. The third-order valence-electron chi connectivity index (χ3n) is 5.00. The van der Waals surface area contributed by atoms with Crippen LogP contribution in [-0.4, -0.2) is 41.9 Å². The molecule has 2 aliphatic rings. The summed E-state index contributed by atoms with van der Waals surface area (Å²) < 4.78 is 0. The average molecular weight is 321 g/mol. The van der Waals surface area contributed by atoms with E-state index < -0.39 is 0 Å². The van der Waals surface area contributed by atoms with Crippen molar-refractivity contribution >= 4 is 30.1 Å². The van der Waals surface area contributed by atoms with Crippen LogP contribution in [0.5, 0.6) is 0 Å². The Bertz CT molecular complexity index is 298. The molecule has 0 aromatic rings. The Labute approximate surface area is 133 Å². The van der Waals surface area contributed by atoms with Gasteiger partial charge < -0.3 is 10.6 Å². The molecule has 2 rings (SSSR count). The predicted octanol–water partition coefficient (Wildman–Crippen LogP) is 3.06. The van der Waals surface area contributed by atoms with Gasteiger partial charge in [0.2, 0.25) is 5.91 Å². The minimum absolute atomic E-state index is 0. The van der Waals surface area contributed by atoms with Crippen LogP contribution in [0.15, 0.2) is 0 Å². The summed E-state index contributed by atoms with van der Waals surface area (Å²) in [6, 6.07) is -0.284. The van der Waals surface area contributed by atoms with Crippen molar-refractivity contribution in [3.8, 4) is 0 Å². The molecule has 20 heavy (non-hydrogen) atoms. The summed E-state index contributed by atoms with van der Waals surface area (Å²) >= 11 is 1.76. The number of carbonyl (C=O) groups excluding carboxylic acids is 1. The fourth-order valence-corrected chi connectivity index (χ4v) is 4.10. The van der Waals surface area contributed by atoms with Crippen LogP contribution in [0.25, 0.3) is 0 Å². The molecular weight excluding hydrogens is 292 g/mol. The van der Waals surface area contributed by atoms with Crippen LogP contribution in [0, 0.1) is 5.41 Å². The number of likely N-dealkylation sites (tertiary alicyclic amines) is 1. The number of hydrogen-bond acceptors (Lipinski definition) is 3. The van der Waals surface area contributed by atoms with E-state index in [4.69, 9.17) is 5.73 Å². The zero-order chi connectivity index (χ0) is 13.7. The lowest BCUT2D eigenvalue weighted by Crippen LogP contribution is -2.49. The lowest BCUT2D eigenvalue weighted by molar-refractivity contribution is -0.135. The summed E-state index contributed by atoms with van der Waals surface area (Å²) in [5.41, 5.74) is 6.57. The standard InChI is InChI=1S/C15H28N2OS.ClH/c1-19-12-5-13(16)14(18)17-10-8-15(9-11-17)6-3-2-4-7-15;/h13H,2-12,16H2,1H3;1H/t13-;/m0./s1. The van der Waals surface area contributed by atoms with Crippen molar-refractivity contribution in [2.24, 2.45) is 11.1 Å². The fraction of sp³-hybridized carbons (Fsp3) is 0.933. The minimum atomic E-state index is -0.284. The molecule has 0 radical (unpaired) electrons. The number of amides is 1. The smallest absolute Gasteiger partial charge is 0.239 e. The summed E-state index contributed by atoms with van der Waals surface area (Å²) in [7, 11) is 0. The zero-order valence-electron chi connectivity index (χ0n) is 12.6. The first-order valence-corrected chi connectivity index (χ1v) is 9.10. The number of nitrogens with two attached hydrogens (primary N) is 1. The SMILES string of the molecule is CSCC[C@H](N)C(=O)N1CCC2(CCCCC2)CC1.Cl. The highest BCUT2D eigenvalue weighted by atomic mass is 35.5. The molecule has 2 fully saturated rings. The largest absolute Gasteiger partial charge is 0.341 e. The highest BCUT2D eigenvalue weighted by molar-refractivity contribution is 7.98. The molecule has 1 saturated heterocycles. The number of halogens is 1. The molecule has 1 saturated carbocycles. The highest BCUT2D eigenvalue weighted by Crippen LogP contribution is 2.44. The molecule has 0 unspecified atom stereocenters. The van der Waals surface area contributed by atoms with E-state index >= 15 is 0 Å². The van der Waals surface area contributed by atoms with Crippen molar-refractivity contribution in [2.45, 2.75) is 57.4 Å². The Morgan fingerprint density at radius 3 is 2.35 bits per heavy atom. The van der Waals surface area contributed by atoms with Crippen LogP contribution in [0.3, 0.4) is 0 Å². The van der Waals surface area contributed by atoms with Gasteiger partial charge in [0.25, 0.3) is 0 Å². The van der Waals surface area contributed by atoms with Crippen molar-refractivity contribution in [1.82, 2.24) is 4.90 Å². The first-order valence-electron chi connectivity index (χ1n) is 7.70. The van der Waals surface area contributed by atoms with E-state index in [1.54, 1.807) is 11.8 Å². The summed E-state index contributed by atoms with van der Waals surface area (Å²) in [5, 5.41) is 0. The number of rotatable bonds is 4. The maximum atomic E-state index is 12.3. The van der Waals surface area contributed by atoms with E-state index in [1.807, 2.05) is 4.90 Å². The second-order valence-corrected chi connectivity index (χ2v) is 7.26. The van der Waals surface area contributed by atoms with E-state index in [2.05, 4.69) is 6.26 Å². The molecule has 118 valence electrons. The van der Waals surface area contributed by atoms with Gasteiger partial charge in [0.05, 0.1) is 6.04 Å². The van der Waals surface area contributed by atoms with E-state index in [9.17, 15) is 4.79 Å². The summed E-state index contributed by atoms with van der Waals surface area (Å²) in [6.45, 7) is 1.87. The fourth-order valence-electron chi connectivity index (χ4n) is 3.61. The van der Waals surface area contributed by atoms with Gasteiger partial charge in [-0.05, 0) is 49.5 Å². The number of piperidine rings is 1. The maximum absolute atomic E-state index is 12.3. The molecule has 1 amide bonds. The Kier molecular flexibility index (Phi) is 7.70. The average Bonchev–Trinajstić information content (AvgIpc) is 2.46. The van der Waals surface area contributed by atoms with Crippen molar-refractivity contribution < 1.29 is 4.79 Å². The summed E-state index contributed by atoms with van der Waals surface area (Å²) in [6.07, 6.45) is 12.2. The second-order valence-electron chi connectivity index (χ2n) is 6.27. The maximum Gasteiger partial charge on any atom is 0.239 e. The monoisotopic (exact) mass is 320 g/mol. The molecular formula is C15H29ClN2OS. The van der Waals surface area contributed by atoms with Gasteiger partial charge in [-0.2, -0.15) is 11.8 Å². The topological polar surface area (TPSA) is 46.3 Å². The van der Waals surface area contributed by atoms with Crippen molar-refractivity contribution in [1.29, 1.82) is 0 Å². The molecule has 0 bridgehead atoms. The van der Waals surface area contributed by atoms with Gasteiger partial charge >= 0.3 is 0 Å². The lowest BCUT2D eigenvalue weighted by atomic mass is 9.68. The predicted molar refractivity (Wildman–Crippen MR) is 89.6 cm³/mol. The Hall–Kier alpha value is 0.0700. The van der Waals surface area contributed by atoms with Crippen LogP contribution < -0.4 is 5.73 Å². The first kappa shape index (κ1) is 18.1. The molecule has 2 N–H and O–H groups in total. The molecule has 1 aliphatic heterocycles. The van der Waals surface area contributed by atoms with Gasteiger partial charge in [-0.25, -0.2) is 0 Å². The minimum Gasteiger partial charge on any atom is -0.341 e. The van der Waals surface area contributed by atoms with E-state index in [0.29, 0.717) is 5.41 Å². The first-order chi connectivity index (χ1) is 9.17. The van der Waals surface area contributed by atoms with Crippen LogP contribution in [-0.2, 0) is 4.79 Å². The summed E-state index contributed by atoms with van der Waals surface area (Å²) in [5.74, 6) is 1.16. The molecule has 1 spiro atoms. The lowest BCUT2D eigenvalue weighted by Gasteiger charge is -2.44. The van der Waals surface area contributed by atoms with Gasteiger partial charge in [0, 0.05) is 13.1 Å². The van der Waals surface area contributed by atoms with Crippen molar-refractivity contribution in [3.63, 3.8) is 0 Å². The van der Waals surface area contributed by atoms with Gasteiger partial charge in [-0.15, -0.1) is 12.4 Å². The van der Waals surface area contributed by atoms with E-state index in [0.717, 1.165) is 25.3 Å². The Morgan fingerprint density at radius 1 is 1.20 bits per heavy atom. The van der Waals surface area contributed by atoms with E-state index in [-0.39, 0.29) is 24.4 Å². The van der Waals surface area contributed by atoms with Crippen LogP contribution >= 0.6 is 24.2 Å². The molecule has 3 nitrogen and oxygen atoms in total. The number of nitrogens with zero attached hydrogens (tertiary/aromatic N) is 1. The molecule has 1 heterocycles. The molecule has 0 aromatic carbocycles. The molecule has 5 heteroatoms. The highest BCUT2D eigenvalue weighted by Gasteiger charge is 2.37. The molecule has 0 aromatic heterocycles. The third kappa shape index (κ3) is 4.54. The van der Waals surface area contributed by atoms with Gasteiger partial charge in [-0.1, -0.05) is 19.3 Å². The Balaban J connectivity index is 0.00000200. The van der Waals surface area contributed by atoms with Gasteiger partial charge in [-0.3, -0.25) is 4.79 Å². The van der Waals surface area contributed by atoms with Crippen molar-refractivity contribution in [2.75, 3.05) is 25.1 Å². The number of hydrogen-bond donors (Lipinski definition) is 1. The molecule has 1 atom stereocenters. The molecule has 1 aliphatic carbocycles. The van der Waals surface area contributed by atoms with Gasteiger partial charge in [0.15, 0.2) is 0 Å². The number of thioether (sulfide) groups is 1. The third-order valence-corrected chi connectivity index (χ3v) is 5.64. The summed E-state index contributed by atoms with van der Waals surface area (Å²) in [4.78, 5) is 14.3. The van der Waals surface area contributed by atoms with E-state index in [1.165, 1.54) is 44.9 Å². The normalized spacial score (nSPS) is 23.2. The second kappa shape index (κ2) is 8.50. The van der Waals surface area contributed by atoms with Crippen LogP contribution in [0.1, 0.15) is 51.4 Å². The van der Waals surface area contributed by atoms with Gasteiger partial charge in [0.1, 0.15) is 0 Å².